The number of nitrogens with one attached hydrogen (secondary N) is 2. The maximum absolute atomic E-state index is 12.4. The Morgan fingerprint density at radius 2 is 2.00 bits per heavy atom. The zero-order valence-corrected chi connectivity index (χ0v) is 15.5. The summed E-state index contributed by atoms with van der Waals surface area (Å²) in [6.45, 7) is 7.40. The second-order valence-electron chi connectivity index (χ2n) is 5.70. The fourth-order valence-corrected chi connectivity index (χ4v) is 2.35. The van der Waals surface area contributed by atoms with Crippen molar-refractivity contribution in [2.45, 2.75) is 20.0 Å². The van der Waals surface area contributed by atoms with Crippen molar-refractivity contribution < 1.29 is 14.3 Å². The van der Waals surface area contributed by atoms with E-state index >= 15 is 0 Å². The van der Waals surface area contributed by atoms with Crippen molar-refractivity contribution in [2.75, 3.05) is 11.9 Å². The topological polar surface area (TPSA) is 67.4 Å². The Morgan fingerprint density at radius 1 is 1.27 bits per heavy atom. The normalized spacial score (nSPS) is 11.3. The molecule has 0 aliphatic rings. The predicted octanol–water partition coefficient (Wildman–Crippen LogP) is 3.97. The largest absolute Gasteiger partial charge is 0.481 e. The van der Waals surface area contributed by atoms with Crippen molar-refractivity contribution in [3.05, 3.63) is 71.3 Å². The first-order valence-electron chi connectivity index (χ1n) is 8.14. The van der Waals surface area contributed by atoms with Gasteiger partial charge in [0.2, 0.25) is 0 Å². The van der Waals surface area contributed by atoms with Crippen LogP contribution >= 0.6 is 11.6 Å². The molecular weight excluding hydrogens is 352 g/mol. The molecule has 0 fully saturated rings. The molecule has 5 nitrogen and oxygen atoms in total. The Balaban J connectivity index is 2.07. The lowest BCUT2D eigenvalue weighted by Crippen LogP contribution is -2.31. The molecule has 0 bridgehead atoms. The van der Waals surface area contributed by atoms with Crippen molar-refractivity contribution in [1.29, 1.82) is 0 Å². The molecule has 0 aliphatic heterocycles. The van der Waals surface area contributed by atoms with E-state index in [-0.39, 0.29) is 11.8 Å². The smallest absolute Gasteiger partial charge is 0.265 e. The van der Waals surface area contributed by atoms with Gasteiger partial charge in [0.15, 0.2) is 6.10 Å². The number of aryl methyl sites for hydroxylation is 1. The van der Waals surface area contributed by atoms with Crippen LogP contribution in [0.4, 0.5) is 5.69 Å². The van der Waals surface area contributed by atoms with E-state index in [9.17, 15) is 9.59 Å². The quantitative estimate of drug-likeness (QED) is 0.722. The number of hydrogen-bond donors (Lipinski definition) is 2. The minimum atomic E-state index is -0.750. The molecule has 2 N–H and O–H groups in total. The second-order valence-corrected chi connectivity index (χ2v) is 6.11. The molecule has 1 atom stereocenters. The van der Waals surface area contributed by atoms with Gasteiger partial charge in [-0.25, -0.2) is 0 Å². The Kier molecular flexibility index (Phi) is 6.81. The van der Waals surface area contributed by atoms with E-state index in [1.54, 1.807) is 55.5 Å². The molecule has 2 aromatic rings. The van der Waals surface area contributed by atoms with E-state index in [4.69, 9.17) is 16.3 Å². The number of para-hydroxylation sites is 1. The third-order valence-corrected chi connectivity index (χ3v) is 4.07. The van der Waals surface area contributed by atoms with Crippen molar-refractivity contribution in [3.63, 3.8) is 0 Å². The summed E-state index contributed by atoms with van der Waals surface area (Å²) in [6.07, 6.45) is 0.836. The minimum Gasteiger partial charge on any atom is -0.481 e. The summed E-state index contributed by atoms with van der Waals surface area (Å²) in [4.78, 5) is 24.6. The molecule has 0 aliphatic carbocycles. The molecule has 6 heteroatoms. The summed E-state index contributed by atoms with van der Waals surface area (Å²) >= 11 is 5.99. The number of benzene rings is 2. The molecule has 0 saturated heterocycles. The van der Waals surface area contributed by atoms with Crippen LogP contribution in [-0.4, -0.2) is 24.5 Å². The van der Waals surface area contributed by atoms with Gasteiger partial charge in [-0.15, -0.1) is 6.58 Å². The molecular formula is C20H21ClN2O3. The summed E-state index contributed by atoms with van der Waals surface area (Å²) in [5, 5.41) is 6.06. The van der Waals surface area contributed by atoms with Crippen LogP contribution in [0.3, 0.4) is 0 Å². The molecule has 2 aromatic carbocycles. The van der Waals surface area contributed by atoms with Gasteiger partial charge in [-0.05, 0) is 49.7 Å². The number of ether oxygens (including phenoxy) is 1. The van der Waals surface area contributed by atoms with Crippen LogP contribution in [0, 0.1) is 6.92 Å². The van der Waals surface area contributed by atoms with Crippen LogP contribution in [0.5, 0.6) is 5.75 Å². The van der Waals surface area contributed by atoms with E-state index in [0.29, 0.717) is 28.6 Å². The molecule has 2 rings (SSSR count). The van der Waals surface area contributed by atoms with Gasteiger partial charge in [0, 0.05) is 11.6 Å². The standard InChI is InChI=1S/C20H21ClN2O3/c1-4-11-22-20(25)16-7-5-6-8-18(16)23-19(24)14(3)26-15-9-10-17(21)13(2)12-15/h4-10,12,14H,1,11H2,2-3H3,(H,22,25)(H,23,24)/t14-/m0/s1. The molecule has 0 heterocycles. The van der Waals surface area contributed by atoms with Crippen LogP contribution in [0.1, 0.15) is 22.8 Å². The lowest BCUT2D eigenvalue weighted by molar-refractivity contribution is -0.122. The zero-order valence-electron chi connectivity index (χ0n) is 14.7. The lowest BCUT2D eigenvalue weighted by atomic mass is 10.1. The number of halogens is 1. The Hall–Kier alpha value is -2.79. The van der Waals surface area contributed by atoms with E-state index in [2.05, 4.69) is 17.2 Å². The summed E-state index contributed by atoms with van der Waals surface area (Å²) in [7, 11) is 0. The first-order chi connectivity index (χ1) is 12.4. The molecule has 26 heavy (non-hydrogen) atoms. The number of anilines is 1. The van der Waals surface area contributed by atoms with Crippen LogP contribution in [0.15, 0.2) is 55.1 Å². The van der Waals surface area contributed by atoms with Gasteiger partial charge in [0.1, 0.15) is 5.75 Å². The van der Waals surface area contributed by atoms with Gasteiger partial charge in [0.05, 0.1) is 11.3 Å². The van der Waals surface area contributed by atoms with Gasteiger partial charge >= 0.3 is 0 Å². The fraction of sp³-hybridized carbons (Fsp3) is 0.200. The van der Waals surface area contributed by atoms with Crippen molar-refractivity contribution in [2.24, 2.45) is 0 Å². The number of hydrogen-bond acceptors (Lipinski definition) is 3. The number of rotatable bonds is 7. The highest BCUT2D eigenvalue weighted by Gasteiger charge is 2.18. The average Bonchev–Trinajstić information content (AvgIpc) is 2.63. The van der Waals surface area contributed by atoms with E-state index in [1.807, 2.05) is 6.92 Å². The number of amides is 2. The third-order valence-electron chi connectivity index (χ3n) is 3.65. The highest BCUT2D eigenvalue weighted by atomic mass is 35.5. The van der Waals surface area contributed by atoms with Gasteiger partial charge in [-0.3, -0.25) is 9.59 Å². The monoisotopic (exact) mass is 372 g/mol. The summed E-state index contributed by atoms with van der Waals surface area (Å²) in [5.74, 6) is -0.101. The van der Waals surface area contributed by atoms with Crippen molar-refractivity contribution >= 4 is 29.1 Å². The first-order valence-corrected chi connectivity index (χ1v) is 8.52. The summed E-state index contributed by atoms with van der Waals surface area (Å²) in [5.41, 5.74) is 1.65. The van der Waals surface area contributed by atoms with E-state index < -0.39 is 6.10 Å². The fourth-order valence-electron chi connectivity index (χ4n) is 2.23. The second kappa shape index (κ2) is 9.06. The molecule has 0 aromatic heterocycles. The lowest BCUT2D eigenvalue weighted by Gasteiger charge is -2.17. The molecule has 136 valence electrons. The van der Waals surface area contributed by atoms with Crippen LogP contribution in [-0.2, 0) is 4.79 Å². The molecule has 0 unspecified atom stereocenters. The van der Waals surface area contributed by atoms with Crippen LogP contribution in [0.2, 0.25) is 5.02 Å². The Bertz CT molecular complexity index is 820. The first kappa shape index (κ1) is 19.5. The van der Waals surface area contributed by atoms with Crippen molar-refractivity contribution in [1.82, 2.24) is 5.32 Å². The molecule has 0 radical (unpaired) electrons. The SMILES string of the molecule is C=CCNC(=O)c1ccccc1NC(=O)[C@H](C)Oc1ccc(Cl)c(C)c1. The number of carbonyl (C=O) groups is 2. The van der Waals surface area contributed by atoms with Crippen LogP contribution in [0.25, 0.3) is 0 Å². The zero-order chi connectivity index (χ0) is 19.1. The van der Waals surface area contributed by atoms with Gasteiger partial charge in [-0.2, -0.15) is 0 Å². The highest BCUT2D eigenvalue weighted by molar-refractivity contribution is 6.31. The van der Waals surface area contributed by atoms with E-state index in [1.165, 1.54) is 0 Å². The predicted molar refractivity (Wildman–Crippen MR) is 104 cm³/mol. The molecule has 0 spiro atoms. The number of carbonyl (C=O) groups excluding carboxylic acids is 2. The molecule has 0 saturated carbocycles. The van der Waals surface area contributed by atoms with Crippen LogP contribution < -0.4 is 15.4 Å². The third kappa shape index (κ3) is 5.10. The molecule has 2 amide bonds. The van der Waals surface area contributed by atoms with Gasteiger partial charge < -0.3 is 15.4 Å². The summed E-state index contributed by atoms with van der Waals surface area (Å²) < 4.78 is 5.66. The van der Waals surface area contributed by atoms with Gasteiger partial charge in [0.25, 0.3) is 11.8 Å². The van der Waals surface area contributed by atoms with Gasteiger partial charge in [-0.1, -0.05) is 29.8 Å². The maximum Gasteiger partial charge on any atom is 0.265 e. The van der Waals surface area contributed by atoms with E-state index in [0.717, 1.165) is 5.56 Å². The minimum absolute atomic E-state index is 0.289. The highest BCUT2D eigenvalue weighted by Crippen LogP contribution is 2.22. The average molecular weight is 373 g/mol. The Morgan fingerprint density at radius 3 is 2.69 bits per heavy atom. The maximum atomic E-state index is 12.4. The Labute approximate surface area is 158 Å². The van der Waals surface area contributed by atoms with Crippen molar-refractivity contribution in [3.8, 4) is 5.75 Å². The summed E-state index contributed by atoms with van der Waals surface area (Å²) in [6, 6.07) is 12.0.